The van der Waals surface area contributed by atoms with E-state index in [9.17, 15) is 4.79 Å². The van der Waals surface area contributed by atoms with E-state index in [1.807, 2.05) is 49.0 Å². The van der Waals surface area contributed by atoms with E-state index in [1.165, 1.54) is 5.56 Å². The first-order valence-electron chi connectivity index (χ1n) is 11.2. The molecule has 1 fully saturated rings. The fourth-order valence-corrected chi connectivity index (χ4v) is 4.83. The monoisotopic (exact) mass is 450 g/mol. The third-order valence-electron chi connectivity index (χ3n) is 5.75. The average molecular weight is 451 g/mol. The highest BCUT2D eigenvalue weighted by atomic mass is 32.2. The van der Waals surface area contributed by atoms with Crippen LogP contribution >= 0.6 is 11.8 Å². The van der Waals surface area contributed by atoms with Crippen LogP contribution in [0.3, 0.4) is 0 Å². The number of aryl methyl sites for hydroxylation is 1. The van der Waals surface area contributed by atoms with Crippen molar-refractivity contribution < 1.29 is 9.32 Å². The summed E-state index contributed by atoms with van der Waals surface area (Å²) in [5, 5.41) is 7.27. The first kappa shape index (κ1) is 22.6. The molecule has 2 heterocycles. The van der Waals surface area contributed by atoms with Crippen LogP contribution < -0.4 is 5.32 Å². The van der Waals surface area contributed by atoms with E-state index >= 15 is 0 Å². The molecule has 32 heavy (non-hydrogen) atoms. The Morgan fingerprint density at radius 1 is 1.19 bits per heavy atom. The summed E-state index contributed by atoms with van der Waals surface area (Å²) in [5.74, 6) is 3.28. The summed E-state index contributed by atoms with van der Waals surface area (Å²) >= 11 is 1.85. The van der Waals surface area contributed by atoms with Crippen LogP contribution in [0.2, 0.25) is 0 Å². The number of benzene rings is 2. The highest BCUT2D eigenvalue weighted by Crippen LogP contribution is 2.22. The molecule has 1 amide bonds. The fraction of sp³-hybridized carbons (Fsp3) is 0.400. The van der Waals surface area contributed by atoms with Crippen LogP contribution in [0, 0.1) is 12.8 Å². The van der Waals surface area contributed by atoms with Crippen LogP contribution in [0.15, 0.2) is 59.1 Å². The van der Waals surface area contributed by atoms with Gasteiger partial charge in [-0.2, -0.15) is 16.7 Å². The van der Waals surface area contributed by atoms with Crippen molar-refractivity contribution >= 4 is 17.7 Å². The zero-order chi connectivity index (χ0) is 22.2. The number of rotatable bonds is 9. The van der Waals surface area contributed by atoms with Gasteiger partial charge < -0.3 is 9.84 Å². The number of nitrogens with one attached hydrogen (secondary N) is 1. The summed E-state index contributed by atoms with van der Waals surface area (Å²) < 4.78 is 5.49. The van der Waals surface area contributed by atoms with Gasteiger partial charge >= 0.3 is 0 Å². The van der Waals surface area contributed by atoms with Gasteiger partial charge in [0, 0.05) is 30.2 Å². The van der Waals surface area contributed by atoms with Crippen LogP contribution in [-0.2, 0) is 17.1 Å². The highest BCUT2D eigenvalue weighted by Gasteiger charge is 2.26. The molecule has 1 N–H and O–H groups in total. The van der Waals surface area contributed by atoms with Crippen molar-refractivity contribution in [3.8, 4) is 11.4 Å². The summed E-state index contributed by atoms with van der Waals surface area (Å²) in [6, 6.07) is 18.4. The van der Waals surface area contributed by atoms with Crippen molar-refractivity contribution in [2.45, 2.75) is 32.1 Å². The lowest BCUT2D eigenvalue weighted by Gasteiger charge is -2.30. The molecule has 2 aromatic carbocycles. The van der Waals surface area contributed by atoms with Crippen molar-refractivity contribution in [3.63, 3.8) is 0 Å². The van der Waals surface area contributed by atoms with Gasteiger partial charge in [-0.25, -0.2) is 0 Å². The van der Waals surface area contributed by atoms with Gasteiger partial charge in [0.15, 0.2) is 0 Å². The van der Waals surface area contributed by atoms with E-state index in [4.69, 9.17) is 4.52 Å². The molecule has 3 aromatic rings. The summed E-state index contributed by atoms with van der Waals surface area (Å²) in [6.07, 6.45) is 1.93. The number of nitrogens with zero attached hydrogens (tertiary/aromatic N) is 3. The molecule has 168 valence electrons. The first-order chi connectivity index (χ1) is 15.7. The van der Waals surface area contributed by atoms with Crippen molar-refractivity contribution in [3.05, 3.63) is 71.6 Å². The molecule has 7 heteroatoms. The topological polar surface area (TPSA) is 71.3 Å². The van der Waals surface area contributed by atoms with Crippen LogP contribution in [0.1, 0.15) is 29.9 Å². The van der Waals surface area contributed by atoms with E-state index in [1.54, 1.807) is 0 Å². The van der Waals surface area contributed by atoms with E-state index < -0.39 is 0 Å². The predicted molar refractivity (Wildman–Crippen MR) is 128 cm³/mol. The third-order valence-corrected chi connectivity index (χ3v) is 6.78. The van der Waals surface area contributed by atoms with E-state index in [0.717, 1.165) is 48.6 Å². The fourth-order valence-electron chi connectivity index (χ4n) is 4.01. The maximum Gasteiger partial charge on any atom is 0.241 e. The predicted octanol–water partition coefficient (Wildman–Crippen LogP) is 4.31. The molecule has 4 rings (SSSR count). The lowest BCUT2D eigenvalue weighted by atomic mass is 9.97. The van der Waals surface area contributed by atoms with Gasteiger partial charge in [0.2, 0.25) is 17.6 Å². The number of piperidine rings is 1. The van der Waals surface area contributed by atoms with Gasteiger partial charge in [0.25, 0.3) is 0 Å². The maximum absolute atomic E-state index is 12.7. The summed E-state index contributed by atoms with van der Waals surface area (Å²) in [6.45, 7) is 5.00. The zero-order valence-corrected chi connectivity index (χ0v) is 19.3. The van der Waals surface area contributed by atoms with Crippen molar-refractivity contribution in [1.82, 2.24) is 20.4 Å². The second-order valence-corrected chi connectivity index (χ2v) is 9.34. The SMILES string of the molecule is Cc1ccccc1-c1noc(CN2CCCC(C(=O)NCCSCc3ccccc3)C2)n1. The molecule has 1 aliphatic rings. The van der Waals surface area contributed by atoms with Gasteiger partial charge in [-0.1, -0.05) is 59.8 Å². The Balaban J connectivity index is 1.21. The molecular formula is C25H30N4O2S. The molecule has 0 aliphatic carbocycles. The minimum absolute atomic E-state index is 0.0154. The number of hydrogen-bond donors (Lipinski definition) is 1. The second-order valence-electron chi connectivity index (χ2n) is 8.23. The lowest BCUT2D eigenvalue weighted by molar-refractivity contribution is -0.126. The molecular weight excluding hydrogens is 420 g/mol. The molecule has 6 nitrogen and oxygen atoms in total. The van der Waals surface area contributed by atoms with Crippen molar-refractivity contribution in [1.29, 1.82) is 0 Å². The summed E-state index contributed by atoms with van der Waals surface area (Å²) in [4.78, 5) is 19.5. The molecule has 1 aliphatic heterocycles. The Morgan fingerprint density at radius 2 is 2.00 bits per heavy atom. The summed E-state index contributed by atoms with van der Waals surface area (Å²) in [5.41, 5.74) is 3.43. The van der Waals surface area contributed by atoms with Crippen molar-refractivity contribution in [2.75, 3.05) is 25.4 Å². The molecule has 0 saturated carbocycles. The minimum atomic E-state index is 0.0154. The van der Waals surface area contributed by atoms with E-state index in [0.29, 0.717) is 24.8 Å². The standard InChI is InChI=1S/C25H30N4O2S/c1-19-8-5-6-12-22(19)24-27-23(31-28-24)17-29-14-7-11-21(16-29)25(30)26-13-15-32-18-20-9-3-2-4-10-20/h2-6,8-10,12,21H,7,11,13-18H2,1H3,(H,26,30). The first-order valence-corrected chi connectivity index (χ1v) is 12.3. The van der Waals surface area contributed by atoms with Gasteiger partial charge in [0.1, 0.15) is 0 Å². The maximum atomic E-state index is 12.7. The third kappa shape index (κ3) is 6.20. The van der Waals surface area contributed by atoms with Crippen LogP contribution in [0.5, 0.6) is 0 Å². The molecule has 0 spiro atoms. The minimum Gasteiger partial charge on any atom is -0.355 e. The second kappa shape index (κ2) is 11.3. The van der Waals surface area contributed by atoms with Gasteiger partial charge in [-0.05, 0) is 37.4 Å². The average Bonchev–Trinajstić information content (AvgIpc) is 3.28. The highest BCUT2D eigenvalue weighted by molar-refractivity contribution is 7.98. The Labute approximate surface area is 193 Å². The molecule has 0 radical (unpaired) electrons. The van der Waals surface area contributed by atoms with Crippen molar-refractivity contribution in [2.24, 2.45) is 5.92 Å². The molecule has 1 aromatic heterocycles. The number of aromatic nitrogens is 2. The number of thioether (sulfide) groups is 1. The smallest absolute Gasteiger partial charge is 0.241 e. The quantitative estimate of drug-likeness (QED) is 0.490. The number of carbonyl (C=O) groups excluding carboxylic acids is 1. The molecule has 0 bridgehead atoms. The molecule has 1 saturated heterocycles. The van der Waals surface area contributed by atoms with E-state index in [2.05, 4.69) is 44.6 Å². The van der Waals surface area contributed by atoms with Crippen LogP contribution in [0.4, 0.5) is 0 Å². The Bertz CT molecular complexity index is 1010. The van der Waals surface area contributed by atoms with E-state index in [-0.39, 0.29) is 11.8 Å². The number of likely N-dealkylation sites (tertiary alicyclic amines) is 1. The van der Waals surface area contributed by atoms with Gasteiger partial charge in [-0.15, -0.1) is 0 Å². The Hall–Kier alpha value is -2.64. The largest absolute Gasteiger partial charge is 0.355 e. The molecule has 1 unspecified atom stereocenters. The summed E-state index contributed by atoms with van der Waals surface area (Å²) in [7, 11) is 0. The van der Waals surface area contributed by atoms with Crippen LogP contribution in [-0.4, -0.2) is 46.3 Å². The van der Waals surface area contributed by atoms with Gasteiger partial charge in [-0.3, -0.25) is 9.69 Å². The lowest BCUT2D eigenvalue weighted by Crippen LogP contribution is -2.43. The normalized spacial score (nSPS) is 16.7. The Morgan fingerprint density at radius 3 is 2.84 bits per heavy atom. The number of amides is 1. The van der Waals surface area contributed by atoms with Crippen LogP contribution in [0.25, 0.3) is 11.4 Å². The molecule has 1 atom stereocenters. The van der Waals surface area contributed by atoms with Gasteiger partial charge in [0.05, 0.1) is 12.5 Å². The zero-order valence-electron chi connectivity index (χ0n) is 18.5. The number of hydrogen-bond acceptors (Lipinski definition) is 6. The number of carbonyl (C=O) groups is 1. The Kier molecular flexibility index (Phi) is 7.96.